The van der Waals surface area contributed by atoms with Crippen molar-refractivity contribution in [2.45, 2.75) is 0 Å². The van der Waals surface area contributed by atoms with Crippen LogP contribution < -0.4 is 4.74 Å². The van der Waals surface area contributed by atoms with Crippen molar-refractivity contribution in [3.05, 3.63) is 55.0 Å². The molecule has 0 bridgehead atoms. The van der Waals surface area contributed by atoms with E-state index in [-0.39, 0.29) is 0 Å². The lowest BCUT2D eigenvalue weighted by Crippen LogP contribution is -1.96. The maximum absolute atomic E-state index is 5.43. The first-order valence-corrected chi connectivity index (χ1v) is 5.18. The summed E-state index contributed by atoms with van der Waals surface area (Å²) in [6.45, 7) is 0.575. The number of ether oxygens (including phenoxy) is 1. The highest BCUT2D eigenvalue weighted by Crippen LogP contribution is 2.07. The molecule has 1 aromatic carbocycles. The molecule has 0 aliphatic heterocycles. The molecule has 0 saturated carbocycles. The maximum atomic E-state index is 5.43. The van der Waals surface area contributed by atoms with Crippen LogP contribution in [0.15, 0.2) is 59.4 Å². The van der Waals surface area contributed by atoms with Gasteiger partial charge in [0, 0.05) is 0 Å². The van der Waals surface area contributed by atoms with Gasteiger partial charge in [-0.3, -0.25) is 0 Å². The summed E-state index contributed by atoms with van der Waals surface area (Å²) in [5.74, 6) is 1.41. The summed E-state index contributed by atoms with van der Waals surface area (Å²) in [4.78, 5) is 0. The largest absolute Gasteiger partial charge is 0.492 e. The molecule has 1 heterocycles. The van der Waals surface area contributed by atoms with E-state index >= 15 is 0 Å². The van der Waals surface area contributed by atoms with Crippen LogP contribution in [0.5, 0.6) is 5.75 Å². The molecule has 2 rings (SSSR count). The summed E-state index contributed by atoms with van der Waals surface area (Å²) in [5, 5.41) is 0. The lowest BCUT2D eigenvalue weighted by atomic mass is 10.3. The van der Waals surface area contributed by atoms with Crippen molar-refractivity contribution in [3.63, 3.8) is 0 Å². The highest BCUT2D eigenvalue weighted by Gasteiger charge is 1.87. The van der Waals surface area contributed by atoms with Gasteiger partial charge in [-0.15, -0.1) is 11.6 Å². The quantitative estimate of drug-likeness (QED) is 0.744. The maximum Gasteiger partial charge on any atom is 0.119 e. The van der Waals surface area contributed by atoms with Crippen molar-refractivity contribution in [2.24, 2.45) is 0 Å². The molecular formula is C12H13ClO2. The van der Waals surface area contributed by atoms with Crippen molar-refractivity contribution in [1.29, 1.82) is 0 Å². The van der Waals surface area contributed by atoms with Crippen molar-refractivity contribution in [1.82, 2.24) is 0 Å². The molecule has 15 heavy (non-hydrogen) atoms. The van der Waals surface area contributed by atoms with Crippen LogP contribution in [0, 0.1) is 0 Å². The zero-order valence-corrected chi connectivity index (χ0v) is 9.06. The second-order valence-corrected chi connectivity index (χ2v) is 3.02. The lowest BCUT2D eigenvalue weighted by molar-refractivity contribution is 0.343. The molecule has 0 spiro atoms. The molecule has 0 unspecified atom stereocenters. The van der Waals surface area contributed by atoms with Crippen molar-refractivity contribution >= 4 is 11.6 Å². The SMILES string of the molecule is ClCCOc1ccccc1.c1ccoc1. The molecule has 0 aliphatic rings. The molecule has 0 atom stereocenters. The fraction of sp³-hybridized carbons (Fsp3) is 0.167. The monoisotopic (exact) mass is 224 g/mol. The molecule has 2 aromatic rings. The molecule has 0 radical (unpaired) electrons. The standard InChI is InChI=1S/C8H9ClO.C4H4O/c9-6-7-10-8-4-2-1-3-5-8;1-2-4-5-3-1/h1-5H,6-7H2;1-4H. The zero-order chi connectivity index (χ0) is 10.8. The van der Waals surface area contributed by atoms with Crippen LogP contribution >= 0.6 is 11.6 Å². The molecule has 2 nitrogen and oxygen atoms in total. The highest BCUT2D eigenvalue weighted by molar-refractivity contribution is 6.17. The molecule has 1 aromatic heterocycles. The van der Waals surface area contributed by atoms with Gasteiger partial charge >= 0.3 is 0 Å². The number of hydrogen-bond acceptors (Lipinski definition) is 2. The number of para-hydroxylation sites is 1. The van der Waals surface area contributed by atoms with E-state index in [4.69, 9.17) is 16.3 Å². The average Bonchev–Trinajstić information content (AvgIpc) is 2.86. The molecule has 0 saturated heterocycles. The van der Waals surface area contributed by atoms with Crippen LogP contribution in [-0.4, -0.2) is 12.5 Å². The van der Waals surface area contributed by atoms with Crippen molar-refractivity contribution in [3.8, 4) is 5.75 Å². The van der Waals surface area contributed by atoms with Gasteiger partial charge < -0.3 is 9.15 Å². The van der Waals surface area contributed by atoms with E-state index in [0.717, 1.165) is 5.75 Å². The summed E-state index contributed by atoms with van der Waals surface area (Å²) in [7, 11) is 0. The summed E-state index contributed by atoms with van der Waals surface area (Å²) >= 11 is 5.43. The molecule has 0 N–H and O–H groups in total. The van der Waals surface area contributed by atoms with E-state index in [1.807, 2.05) is 42.5 Å². The Bertz CT molecular complexity index is 301. The van der Waals surface area contributed by atoms with E-state index < -0.39 is 0 Å². The van der Waals surface area contributed by atoms with Gasteiger partial charge in [-0.1, -0.05) is 18.2 Å². The Kier molecular flexibility index (Phi) is 6.18. The minimum atomic E-state index is 0.537. The van der Waals surface area contributed by atoms with E-state index in [9.17, 15) is 0 Å². The summed E-state index contributed by atoms with van der Waals surface area (Å²) < 4.78 is 9.81. The number of benzene rings is 1. The Morgan fingerprint density at radius 2 is 1.67 bits per heavy atom. The second-order valence-electron chi connectivity index (χ2n) is 2.64. The predicted octanol–water partition coefficient (Wildman–Crippen LogP) is 3.58. The van der Waals surface area contributed by atoms with E-state index in [1.165, 1.54) is 0 Å². The van der Waals surface area contributed by atoms with Crippen LogP contribution in [0.1, 0.15) is 0 Å². The van der Waals surface area contributed by atoms with E-state index in [0.29, 0.717) is 12.5 Å². The minimum Gasteiger partial charge on any atom is -0.492 e. The van der Waals surface area contributed by atoms with Gasteiger partial charge in [-0.05, 0) is 24.3 Å². The smallest absolute Gasteiger partial charge is 0.119 e. The van der Waals surface area contributed by atoms with Gasteiger partial charge in [0.1, 0.15) is 12.4 Å². The Morgan fingerprint density at radius 3 is 2.13 bits per heavy atom. The Labute approximate surface area is 94.4 Å². The Morgan fingerprint density at radius 1 is 1.00 bits per heavy atom. The van der Waals surface area contributed by atoms with E-state index in [1.54, 1.807) is 12.5 Å². The van der Waals surface area contributed by atoms with Crippen LogP contribution in [0.4, 0.5) is 0 Å². The minimum absolute atomic E-state index is 0.537. The third-order valence-corrected chi connectivity index (χ3v) is 1.67. The third-order valence-electron chi connectivity index (χ3n) is 1.51. The van der Waals surface area contributed by atoms with Gasteiger partial charge in [0.25, 0.3) is 0 Å². The number of alkyl halides is 1. The molecule has 0 aliphatic carbocycles. The topological polar surface area (TPSA) is 22.4 Å². The average molecular weight is 225 g/mol. The number of hydrogen-bond donors (Lipinski definition) is 0. The zero-order valence-electron chi connectivity index (χ0n) is 8.30. The fourth-order valence-corrected chi connectivity index (χ4v) is 0.977. The van der Waals surface area contributed by atoms with Gasteiger partial charge in [0.15, 0.2) is 0 Å². The fourth-order valence-electron chi connectivity index (χ4n) is 0.900. The first kappa shape index (κ1) is 11.7. The predicted molar refractivity (Wildman–Crippen MR) is 61.4 cm³/mol. The molecular weight excluding hydrogens is 212 g/mol. The first-order valence-electron chi connectivity index (χ1n) is 4.64. The van der Waals surface area contributed by atoms with Crippen LogP contribution in [0.25, 0.3) is 0 Å². The molecule has 0 fully saturated rings. The molecule has 0 amide bonds. The Hall–Kier alpha value is -1.41. The van der Waals surface area contributed by atoms with E-state index in [2.05, 4.69) is 4.42 Å². The van der Waals surface area contributed by atoms with Crippen LogP contribution in [0.2, 0.25) is 0 Å². The summed E-state index contributed by atoms with van der Waals surface area (Å²) in [6.07, 6.45) is 3.25. The Balaban J connectivity index is 0.000000187. The van der Waals surface area contributed by atoms with Crippen LogP contribution in [-0.2, 0) is 0 Å². The van der Waals surface area contributed by atoms with Gasteiger partial charge in [-0.25, -0.2) is 0 Å². The number of halogens is 1. The van der Waals surface area contributed by atoms with Gasteiger partial charge in [0.2, 0.25) is 0 Å². The number of rotatable bonds is 3. The summed E-state index contributed by atoms with van der Waals surface area (Å²) in [5.41, 5.74) is 0. The molecule has 80 valence electrons. The normalized spacial score (nSPS) is 8.87. The highest BCUT2D eigenvalue weighted by atomic mass is 35.5. The molecule has 3 heteroatoms. The number of furan rings is 1. The third kappa shape index (κ3) is 5.81. The van der Waals surface area contributed by atoms with Gasteiger partial charge in [-0.2, -0.15) is 0 Å². The van der Waals surface area contributed by atoms with Crippen LogP contribution in [0.3, 0.4) is 0 Å². The van der Waals surface area contributed by atoms with Crippen molar-refractivity contribution in [2.75, 3.05) is 12.5 Å². The first-order chi connectivity index (χ1) is 7.43. The second kappa shape index (κ2) is 7.94. The lowest BCUT2D eigenvalue weighted by Gasteiger charge is -2.00. The van der Waals surface area contributed by atoms with Crippen molar-refractivity contribution < 1.29 is 9.15 Å². The van der Waals surface area contributed by atoms with Gasteiger partial charge in [0.05, 0.1) is 18.4 Å². The summed E-state index contributed by atoms with van der Waals surface area (Å²) in [6, 6.07) is 13.3.